The highest BCUT2D eigenvalue weighted by molar-refractivity contribution is 5.72. The zero-order valence-corrected chi connectivity index (χ0v) is 14.8. The lowest BCUT2D eigenvalue weighted by atomic mass is 9.95. The van der Waals surface area contributed by atoms with Gasteiger partial charge in [-0.15, -0.1) is 0 Å². The maximum atomic E-state index is 10.5. The molecule has 0 unspecified atom stereocenters. The van der Waals surface area contributed by atoms with E-state index in [4.69, 9.17) is 4.74 Å². The third kappa shape index (κ3) is 3.70. The van der Waals surface area contributed by atoms with Gasteiger partial charge >= 0.3 is 0 Å². The van der Waals surface area contributed by atoms with Crippen LogP contribution < -0.4 is 4.57 Å². The summed E-state index contributed by atoms with van der Waals surface area (Å²) in [6.07, 6.45) is 8.40. The van der Waals surface area contributed by atoms with Gasteiger partial charge in [0.15, 0.2) is 11.0 Å². The summed E-state index contributed by atoms with van der Waals surface area (Å²) in [7, 11) is 2.09. The summed E-state index contributed by atoms with van der Waals surface area (Å²) in [6.45, 7) is 3.89. The van der Waals surface area contributed by atoms with Gasteiger partial charge in [-0.1, -0.05) is 31.2 Å². The van der Waals surface area contributed by atoms with Crippen molar-refractivity contribution in [2.75, 3.05) is 13.2 Å². The van der Waals surface area contributed by atoms with Crippen molar-refractivity contribution in [2.45, 2.75) is 45.3 Å². The van der Waals surface area contributed by atoms with Gasteiger partial charge in [0.05, 0.1) is 13.7 Å². The van der Waals surface area contributed by atoms with E-state index in [0.29, 0.717) is 19.1 Å². The van der Waals surface area contributed by atoms with Crippen LogP contribution in [0.4, 0.5) is 0 Å². The molecule has 1 heterocycles. The monoisotopic (exact) mass is 329 g/mol. The maximum absolute atomic E-state index is 10.5. The quantitative estimate of drug-likeness (QED) is 0.626. The summed E-state index contributed by atoms with van der Waals surface area (Å²) >= 11 is 0. The van der Waals surface area contributed by atoms with E-state index in [0.717, 1.165) is 25.9 Å². The number of ether oxygens (including phenoxy) is 1. The number of fused-ring (bicyclic) bond motifs is 1. The summed E-state index contributed by atoms with van der Waals surface area (Å²) in [4.78, 5) is 0. The summed E-state index contributed by atoms with van der Waals surface area (Å²) in [5, 5.41) is 10.5. The summed E-state index contributed by atoms with van der Waals surface area (Å²) in [6, 6.07) is 8.36. The van der Waals surface area contributed by atoms with Crippen LogP contribution in [-0.2, 0) is 24.8 Å². The first-order valence-electron chi connectivity index (χ1n) is 9.07. The molecule has 0 bridgehead atoms. The Hall–Kier alpha value is -1.65. The Morgan fingerprint density at radius 3 is 2.92 bits per heavy atom. The molecule has 130 valence electrons. The number of aromatic nitrogens is 2. The molecule has 1 aromatic heterocycles. The van der Waals surface area contributed by atoms with Gasteiger partial charge in [0.25, 0.3) is 5.82 Å². The summed E-state index contributed by atoms with van der Waals surface area (Å²) in [5.74, 6) is 1.84. The minimum atomic E-state index is -0.481. The molecule has 0 spiro atoms. The van der Waals surface area contributed by atoms with Crippen molar-refractivity contribution in [3.05, 3.63) is 42.2 Å². The van der Waals surface area contributed by atoms with Gasteiger partial charge in [0.2, 0.25) is 0 Å². The van der Waals surface area contributed by atoms with E-state index in [1.165, 1.54) is 23.3 Å². The predicted octanol–water partition coefficient (Wildman–Crippen LogP) is 2.76. The molecule has 3 rings (SSSR count). The second-order valence-corrected chi connectivity index (χ2v) is 6.77. The molecule has 1 aliphatic rings. The molecule has 0 saturated carbocycles. The second-order valence-electron chi connectivity index (χ2n) is 6.77. The van der Waals surface area contributed by atoms with Crippen LogP contribution in [-0.4, -0.2) is 29.0 Å². The van der Waals surface area contributed by atoms with Crippen molar-refractivity contribution < 1.29 is 14.4 Å². The van der Waals surface area contributed by atoms with Gasteiger partial charge in [-0.05, 0) is 37.3 Å². The number of hydrogen-bond acceptors (Lipinski definition) is 2. The number of imidazole rings is 1. The predicted molar refractivity (Wildman–Crippen MR) is 95.8 cm³/mol. The third-order valence-corrected chi connectivity index (χ3v) is 4.98. The van der Waals surface area contributed by atoms with E-state index in [1.54, 1.807) is 0 Å². The van der Waals surface area contributed by atoms with Crippen molar-refractivity contribution in [2.24, 2.45) is 13.0 Å². The fraction of sp³-hybridized carbons (Fsp3) is 0.550. The molecule has 0 saturated heterocycles. The van der Waals surface area contributed by atoms with Gasteiger partial charge < -0.3 is 9.84 Å². The van der Waals surface area contributed by atoms with Crippen LogP contribution in [0.1, 0.15) is 32.0 Å². The van der Waals surface area contributed by atoms with Crippen LogP contribution in [0.15, 0.2) is 36.4 Å². The first-order valence-corrected chi connectivity index (χ1v) is 9.07. The molecule has 0 fully saturated rings. The van der Waals surface area contributed by atoms with E-state index in [9.17, 15) is 5.11 Å². The molecule has 2 atom stereocenters. The van der Waals surface area contributed by atoms with Crippen LogP contribution in [0.5, 0.6) is 0 Å². The van der Waals surface area contributed by atoms with Crippen LogP contribution in [0.25, 0.3) is 11.0 Å². The van der Waals surface area contributed by atoms with Crippen LogP contribution in [0.2, 0.25) is 0 Å². The van der Waals surface area contributed by atoms with E-state index in [-0.39, 0.29) is 0 Å². The van der Waals surface area contributed by atoms with Gasteiger partial charge in [0, 0.05) is 13.0 Å². The normalized spacial score (nSPS) is 19.0. The first-order chi connectivity index (χ1) is 11.7. The third-order valence-electron chi connectivity index (χ3n) is 4.98. The number of aliphatic hydroxyl groups is 1. The van der Waals surface area contributed by atoms with E-state index in [1.807, 2.05) is 0 Å². The molecule has 0 amide bonds. The van der Waals surface area contributed by atoms with Gasteiger partial charge in [-0.2, -0.15) is 0 Å². The van der Waals surface area contributed by atoms with E-state index in [2.05, 4.69) is 59.5 Å². The average molecular weight is 329 g/mol. The number of para-hydroxylation sites is 2. The average Bonchev–Trinajstić information content (AvgIpc) is 2.88. The number of rotatable bonds is 7. The maximum Gasteiger partial charge on any atom is 0.256 e. The minimum Gasteiger partial charge on any atom is -0.387 e. The van der Waals surface area contributed by atoms with Crippen molar-refractivity contribution in [1.82, 2.24) is 4.57 Å². The molecule has 2 aromatic rings. The molecule has 4 nitrogen and oxygen atoms in total. The fourth-order valence-corrected chi connectivity index (χ4v) is 3.71. The Kier molecular flexibility index (Phi) is 5.69. The van der Waals surface area contributed by atoms with Gasteiger partial charge in [-0.3, -0.25) is 0 Å². The largest absolute Gasteiger partial charge is 0.387 e. The van der Waals surface area contributed by atoms with Gasteiger partial charge in [0.1, 0.15) is 12.6 Å². The number of hydrogen-bond donors (Lipinski definition) is 1. The molecule has 1 aliphatic carbocycles. The number of benzene rings is 1. The van der Waals surface area contributed by atoms with E-state index < -0.39 is 6.10 Å². The fourth-order valence-electron chi connectivity index (χ4n) is 3.71. The first kappa shape index (κ1) is 17.2. The Morgan fingerprint density at radius 1 is 1.33 bits per heavy atom. The molecule has 0 aliphatic heterocycles. The summed E-state index contributed by atoms with van der Waals surface area (Å²) < 4.78 is 10.2. The highest BCUT2D eigenvalue weighted by Crippen LogP contribution is 2.19. The van der Waals surface area contributed by atoms with Crippen molar-refractivity contribution in [1.29, 1.82) is 0 Å². The lowest BCUT2D eigenvalue weighted by Crippen LogP contribution is -2.34. The smallest absolute Gasteiger partial charge is 0.256 e. The second kappa shape index (κ2) is 7.95. The van der Waals surface area contributed by atoms with Crippen molar-refractivity contribution in [3.8, 4) is 0 Å². The zero-order chi connectivity index (χ0) is 16.9. The molecular formula is C20H29N2O2+. The Bertz CT molecular complexity index is 705. The van der Waals surface area contributed by atoms with E-state index >= 15 is 0 Å². The lowest BCUT2D eigenvalue weighted by Gasteiger charge is -2.18. The Labute approximate surface area is 144 Å². The SMILES string of the molecule is CCc1n(C[C@H](O)COC[C@H]2CC=CCC2)c2ccccc2[n+]1C. The Balaban J connectivity index is 1.62. The number of aryl methyl sites for hydroxylation is 1. The Morgan fingerprint density at radius 2 is 2.17 bits per heavy atom. The molecule has 4 heteroatoms. The highest BCUT2D eigenvalue weighted by atomic mass is 16.5. The summed E-state index contributed by atoms with van der Waals surface area (Å²) in [5.41, 5.74) is 2.38. The number of allylic oxidation sites excluding steroid dienone is 2. The van der Waals surface area contributed by atoms with Crippen LogP contribution >= 0.6 is 0 Å². The highest BCUT2D eigenvalue weighted by Gasteiger charge is 2.23. The molecule has 1 aromatic carbocycles. The molecule has 24 heavy (non-hydrogen) atoms. The molecule has 0 radical (unpaired) electrons. The van der Waals surface area contributed by atoms with Crippen LogP contribution in [0, 0.1) is 5.92 Å². The minimum absolute atomic E-state index is 0.402. The van der Waals surface area contributed by atoms with Gasteiger partial charge in [-0.25, -0.2) is 9.13 Å². The zero-order valence-electron chi connectivity index (χ0n) is 14.8. The molecule has 1 N–H and O–H groups in total. The topological polar surface area (TPSA) is 38.3 Å². The molecular weight excluding hydrogens is 300 g/mol. The van der Waals surface area contributed by atoms with Crippen molar-refractivity contribution in [3.63, 3.8) is 0 Å². The van der Waals surface area contributed by atoms with Crippen molar-refractivity contribution >= 4 is 11.0 Å². The lowest BCUT2D eigenvalue weighted by molar-refractivity contribution is -0.653. The number of nitrogens with zero attached hydrogens (tertiary/aromatic N) is 2. The van der Waals surface area contributed by atoms with Crippen LogP contribution in [0.3, 0.4) is 0 Å². The standard InChI is InChI=1S/C20H29N2O2/c1-3-20-21(2)18-11-7-8-12-19(18)22(20)13-17(23)15-24-14-16-9-5-4-6-10-16/h4-5,7-8,11-12,16-17,23H,3,6,9-10,13-15H2,1-2H3/q+1/t16-,17-/m0/s1. The number of aliphatic hydroxyl groups excluding tert-OH is 1.